The second-order valence-corrected chi connectivity index (χ2v) is 9.29. The van der Waals surface area contributed by atoms with E-state index in [1.807, 2.05) is 4.90 Å². The number of halogens is 4. The van der Waals surface area contributed by atoms with E-state index in [0.717, 1.165) is 0 Å². The van der Waals surface area contributed by atoms with E-state index in [0.29, 0.717) is 37.0 Å². The molecule has 1 saturated carbocycles. The number of fused-ring (bicyclic) bond motifs is 1. The molecule has 0 spiro atoms. The molecule has 1 aliphatic carbocycles. The Bertz CT molecular complexity index is 1120. The highest BCUT2D eigenvalue weighted by Gasteiger charge is 2.42. The summed E-state index contributed by atoms with van der Waals surface area (Å²) in [5.41, 5.74) is 0.212. The Morgan fingerprint density at radius 2 is 1.74 bits per heavy atom. The number of H-pyrrole nitrogens is 1. The first-order valence-electron chi connectivity index (χ1n) is 11.6. The zero-order valence-electron chi connectivity index (χ0n) is 18.9. The molecule has 2 aromatic rings. The molecular formula is C23H28F4N4O3. The van der Waals surface area contributed by atoms with Gasteiger partial charge in [-0.25, -0.2) is 9.18 Å². The summed E-state index contributed by atoms with van der Waals surface area (Å²) < 4.78 is 54.6. The van der Waals surface area contributed by atoms with Gasteiger partial charge in [0.2, 0.25) is 0 Å². The van der Waals surface area contributed by atoms with Crippen molar-refractivity contribution in [2.45, 2.75) is 50.7 Å². The Morgan fingerprint density at radius 1 is 1.09 bits per heavy atom. The maximum Gasteiger partial charge on any atom is 0.391 e. The third kappa shape index (κ3) is 4.89. The molecule has 2 N–H and O–H groups in total. The number of imidazole rings is 1. The van der Waals surface area contributed by atoms with Crippen molar-refractivity contribution in [1.82, 2.24) is 19.8 Å². The number of carbonyl (C=O) groups excluding carboxylic acids is 2. The number of benzene rings is 1. The van der Waals surface area contributed by atoms with Crippen molar-refractivity contribution in [1.29, 1.82) is 0 Å². The SMILES string of the molecule is CNC(=O)c1cc2[nH]c(=O)n(C3CCN(CC(=O)C4CCC(C(F)(F)F)CC4)CC3)c2cc1F. The zero-order valence-corrected chi connectivity index (χ0v) is 18.9. The van der Waals surface area contributed by atoms with E-state index in [-0.39, 0.29) is 61.2 Å². The average molecular weight is 484 g/mol. The summed E-state index contributed by atoms with van der Waals surface area (Å²) in [5.74, 6) is -2.96. The van der Waals surface area contributed by atoms with Gasteiger partial charge in [0.15, 0.2) is 0 Å². The first-order chi connectivity index (χ1) is 16.1. The smallest absolute Gasteiger partial charge is 0.355 e. The van der Waals surface area contributed by atoms with Gasteiger partial charge >= 0.3 is 11.9 Å². The van der Waals surface area contributed by atoms with Crippen LogP contribution in [0.2, 0.25) is 0 Å². The number of hydrogen-bond acceptors (Lipinski definition) is 4. The van der Waals surface area contributed by atoms with Crippen molar-refractivity contribution >= 4 is 22.7 Å². The summed E-state index contributed by atoms with van der Waals surface area (Å²) in [6.07, 6.45) is -2.50. The van der Waals surface area contributed by atoms with Crippen LogP contribution in [0.4, 0.5) is 17.6 Å². The number of hydrogen-bond donors (Lipinski definition) is 2. The number of carbonyl (C=O) groups is 2. The van der Waals surface area contributed by atoms with E-state index < -0.39 is 23.8 Å². The number of likely N-dealkylation sites (tertiary alicyclic amines) is 1. The lowest BCUT2D eigenvalue weighted by molar-refractivity contribution is -0.184. The molecule has 1 aliphatic heterocycles. The number of Topliss-reactive ketones (excluding diaryl/α,β-unsaturated/α-hetero) is 1. The van der Waals surface area contributed by atoms with Gasteiger partial charge in [-0.3, -0.25) is 19.1 Å². The number of piperidine rings is 1. The summed E-state index contributed by atoms with van der Waals surface area (Å²) in [4.78, 5) is 41.7. The number of nitrogens with one attached hydrogen (secondary N) is 2. The number of alkyl halides is 3. The topological polar surface area (TPSA) is 87.2 Å². The summed E-state index contributed by atoms with van der Waals surface area (Å²) >= 11 is 0. The molecule has 1 saturated heterocycles. The molecule has 0 bridgehead atoms. The number of nitrogens with zero attached hydrogens (tertiary/aromatic N) is 2. The minimum atomic E-state index is -4.19. The van der Waals surface area contributed by atoms with Crippen LogP contribution in [0.25, 0.3) is 11.0 Å². The molecule has 2 heterocycles. The summed E-state index contributed by atoms with van der Waals surface area (Å²) in [6.45, 7) is 1.29. The van der Waals surface area contributed by atoms with Gasteiger partial charge in [0.05, 0.1) is 29.1 Å². The molecular weight excluding hydrogens is 456 g/mol. The Kier molecular flexibility index (Phi) is 6.84. The van der Waals surface area contributed by atoms with Crippen molar-refractivity contribution in [3.05, 3.63) is 34.0 Å². The Balaban J connectivity index is 1.37. The first kappa shape index (κ1) is 24.4. The van der Waals surface area contributed by atoms with E-state index in [9.17, 15) is 31.9 Å². The van der Waals surface area contributed by atoms with E-state index in [2.05, 4.69) is 10.3 Å². The highest BCUT2D eigenvalue weighted by molar-refractivity contribution is 5.97. The molecule has 1 amide bonds. The lowest BCUT2D eigenvalue weighted by Crippen LogP contribution is -2.41. The van der Waals surface area contributed by atoms with E-state index >= 15 is 0 Å². The molecule has 1 aromatic carbocycles. The molecule has 34 heavy (non-hydrogen) atoms. The largest absolute Gasteiger partial charge is 0.391 e. The molecule has 186 valence electrons. The fourth-order valence-corrected chi connectivity index (χ4v) is 5.25. The van der Waals surface area contributed by atoms with Gasteiger partial charge in [0.25, 0.3) is 5.91 Å². The molecule has 7 nitrogen and oxygen atoms in total. The van der Waals surface area contributed by atoms with Crippen LogP contribution in [-0.2, 0) is 4.79 Å². The molecule has 1 aromatic heterocycles. The lowest BCUT2D eigenvalue weighted by Gasteiger charge is -2.34. The number of rotatable bonds is 5. The minimum absolute atomic E-state index is 0.00362. The molecule has 0 radical (unpaired) electrons. The normalized spacial score (nSPS) is 22.7. The van der Waals surface area contributed by atoms with E-state index in [1.54, 1.807) is 0 Å². The van der Waals surface area contributed by atoms with Crippen molar-refractivity contribution in [2.24, 2.45) is 11.8 Å². The fraction of sp³-hybridized carbons (Fsp3) is 0.609. The van der Waals surface area contributed by atoms with Crippen LogP contribution in [0, 0.1) is 17.7 Å². The fourth-order valence-electron chi connectivity index (χ4n) is 5.25. The van der Waals surface area contributed by atoms with Gasteiger partial charge < -0.3 is 10.3 Å². The Labute approximate surface area is 193 Å². The third-order valence-corrected chi connectivity index (χ3v) is 7.22. The van der Waals surface area contributed by atoms with Gasteiger partial charge in [-0.1, -0.05) is 0 Å². The summed E-state index contributed by atoms with van der Waals surface area (Å²) in [7, 11) is 1.39. The zero-order chi connectivity index (χ0) is 24.6. The predicted octanol–water partition coefficient (Wildman–Crippen LogP) is 3.40. The van der Waals surface area contributed by atoms with Crippen LogP contribution in [0.5, 0.6) is 0 Å². The number of ketones is 1. The van der Waals surface area contributed by atoms with Crippen molar-refractivity contribution in [3.8, 4) is 0 Å². The molecule has 2 fully saturated rings. The van der Waals surface area contributed by atoms with Crippen molar-refractivity contribution in [3.63, 3.8) is 0 Å². The second-order valence-electron chi connectivity index (χ2n) is 9.29. The molecule has 4 rings (SSSR count). The van der Waals surface area contributed by atoms with Crippen LogP contribution in [0.1, 0.15) is 54.9 Å². The maximum absolute atomic E-state index is 14.5. The van der Waals surface area contributed by atoms with Crippen LogP contribution in [0.3, 0.4) is 0 Å². The molecule has 2 aliphatic rings. The monoisotopic (exact) mass is 484 g/mol. The van der Waals surface area contributed by atoms with E-state index in [4.69, 9.17) is 0 Å². The highest BCUT2D eigenvalue weighted by atomic mass is 19.4. The number of amides is 1. The van der Waals surface area contributed by atoms with Crippen molar-refractivity contribution in [2.75, 3.05) is 26.7 Å². The van der Waals surface area contributed by atoms with Crippen LogP contribution in [-0.4, -0.2) is 59.0 Å². The van der Waals surface area contributed by atoms with Gasteiger partial charge in [-0.15, -0.1) is 0 Å². The standard InChI is InChI=1S/C23H28F4N4O3/c1-28-21(33)16-10-18-19(11-17(16)24)31(22(34)29-18)15-6-8-30(9-7-15)12-20(32)13-2-4-14(5-3-13)23(25,26)27/h10-11,13-15H,2-9,12H2,1H3,(H,28,33)(H,29,34). The molecule has 0 unspecified atom stereocenters. The third-order valence-electron chi connectivity index (χ3n) is 7.22. The summed E-state index contributed by atoms with van der Waals surface area (Å²) in [6, 6.07) is 2.31. The number of aromatic amines is 1. The van der Waals surface area contributed by atoms with Gasteiger partial charge in [-0.05, 0) is 44.6 Å². The molecule has 0 atom stereocenters. The van der Waals surface area contributed by atoms with Gasteiger partial charge in [-0.2, -0.15) is 13.2 Å². The van der Waals surface area contributed by atoms with Gasteiger partial charge in [0, 0.05) is 38.2 Å². The average Bonchev–Trinajstić information content (AvgIpc) is 3.12. The van der Waals surface area contributed by atoms with Gasteiger partial charge in [0.1, 0.15) is 11.6 Å². The van der Waals surface area contributed by atoms with Crippen LogP contribution >= 0.6 is 0 Å². The first-order valence-corrected chi connectivity index (χ1v) is 11.6. The van der Waals surface area contributed by atoms with Crippen LogP contribution in [0.15, 0.2) is 16.9 Å². The quantitative estimate of drug-likeness (QED) is 0.637. The van der Waals surface area contributed by atoms with E-state index in [1.165, 1.54) is 23.7 Å². The Hall–Kier alpha value is -2.69. The second kappa shape index (κ2) is 9.52. The summed E-state index contributed by atoms with van der Waals surface area (Å²) in [5, 5.41) is 2.36. The lowest BCUT2D eigenvalue weighted by atomic mass is 9.79. The molecule has 11 heteroatoms. The maximum atomic E-state index is 14.5. The predicted molar refractivity (Wildman–Crippen MR) is 117 cm³/mol. The minimum Gasteiger partial charge on any atom is -0.355 e. The van der Waals surface area contributed by atoms with Crippen molar-refractivity contribution < 1.29 is 27.2 Å². The van der Waals surface area contributed by atoms with Crippen LogP contribution < -0.4 is 11.0 Å². The Morgan fingerprint density at radius 3 is 2.32 bits per heavy atom. The highest BCUT2D eigenvalue weighted by Crippen LogP contribution is 2.40. The number of aromatic nitrogens is 2.